The Hall–Kier alpha value is 29.8. The molecule has 1 saturated heterocycles. The minimum atomic E-state index is -3.49. The fourth-order valence-electron chi connectivity index (χ4n) is 8.98. The van der Waals surface area contributed by atoms with Gasteiger partial charge in [0.2, 0.25) is 0 Å². The summed E-state index contributed by atoms with van der Waals surface area (Å²) in [5, 5.41) is 6.40. The van der Waals surface area contributed by atoms with Gasteiger partial charge >= 0.3 is 0 Å². The predicted octanol–water partition coefficient (Wildman–Crippen LogP) is 50.0. The van der Waals surface area contributed by atoms with Crippen LogP contribution < -0.4 is 11.1 Å². The number of nitrogens with two attached hydrogens (primary N) is 1. The van der Waals surface area contributed by atoms with Gasteiger partial charge in [0.25, 0.3) is 0 Å². The van der Waals surface area contributed by atoms with E-state index in [9.17, 15) is 17.2 Å². The smallest absolute Gasteiger partial charge is 0.189 e. The molecule has 9 nitrogen and oxygen atoms in total. The molecule has 3 heterocycles. The Morgan fingerprint density at radius 1 is 0.427 bits per heavy atom. The molecule has 674 valence electrons. The zero-order valence-corrected chi connectivity index (χ0v) is 142. The Morgan fingerprint density at radius 3 is 0.974 bits per heavy atom. The van der Waals surface area contributed by atoms with Crippen LogP contribution in [0, 0.1) is 5.82 Å². The number of nitrogens with one attached hydrogen (secondary N) is 1. The summed E-state index contributed by atoms with van der Waals surface area (Å²) in [5.74, 6) is -0.223. The van der Waals surface area contributed by atoms with E-state index in [1.807, 2.05) is 0 Å². The molecule has 42 unspecified atom stereocenters. The van der Waals surface area contributed by atoms with Crippen LogP contribution >= 0.6 is 623 Å². The second kappa shape index (κ2) is 72.2. The first-order valence-corrected chi connectivity index (χ1v) is 173. The van der Waals surface area contributed by atoms with Crippen molar-refractivity contribution in [2.45, 2.75) is 36.1 Å². The summed E-state index contributed by atoms with van der Waals surface area (Å²) in [6, 6.07) is 12.2. The van der Waals surface area contributed by atoms with Crippen LogP contribution in [-0.2, 0) is 21.1 Å². The zero-order chi connectivity index (χ0) is 89.5. The average molecular weight is 3050 g/mol. The molecule has 5 rings (SSSR count). The third kappa shape index (κ3) is 44.3. The second-order valence-electron chi connectivity index (χ2n) is 21.8. The average Bonchev–Trinajstić information content (AvgIpc) is 0.820. The van der Waals surface area contributed by atoms with Crippen molar-refractivity contribution in [1.29, 1.82) is 0 Å². The van der Waals surface area contributed by atoms with Gasteiger partial charge in [-0.2, -0.15) is 0 Å². The maximum atomic E-state index is 14.8. The summed E-state index contributed by atoms with van der Waals surface area (Å²) in [7, 11) is 144. The van der Waals surface area contributed by atoms with E-state index >= 15 is 0 Å². The lowest BCUT2D eigenvalue weighted by molar-refractivity contribution is 0.198. The highest BCUT2D eigenvalue weighted by atomic mass is 33.6. The van der Waals surface area contributed by atoms with Crippen LogP contribution in [0.15, 0.2) is 64.1 Å². The van der Waals surface area contributed by atoms with E-state index in [0.29, 0.717) is 36.4 Å². The Bertz CT molecular complexity index is 3300. The van der Waals surface area contributed by atoms with Crippen LogP contribution in [0.2, 0.25) is 0 Å². The topological polar surface area (TPSA) is 133 Å². The third-order valence-corrected chi connectivity index (χ3v) is 564. The first kappa shape index (κ1) is 139. The molecule has 0 amide bonds. The molecule has 42 atom stereocenters. The summed E-state index contributed by atoms with van der Waals surface area (Å²) in [4.78, 5) is 8.97. The number of hydrogen-bond acceptors (Lipinski definition) is 9. The third-order valence-electron chi connectivity index (χ3n) is 13.4. The second-order valence-corrected chi connectivity index (χ2v) is 347. The van der Waals surface area contributed by atoms with Gasteiger partial charge in [-0.15, -0.1) is 357 Å². The van der Waals surface area contributed by atoms with Gasteiger partial charge in [0.1, 0.15) is 18.2 Å². The lowest BCUT2D eigenvalue weighted by atomic mass is 10.1. The lowest BCUT2D eigenvalue weighted by Gasteiger charge is -2.62. The Morgan fingerprint density at radius 2 is 0.718 bits per heavy atom. The van der Waals surface area contributed by atoms with Crippen LogP contribution in [0.4, 0.5) is 14.6 Å². The minimum Gasteiger partial charge on any atom is -0.382 e. The molecule has 0 saturated carbocycles. The van der Waals surface area contributed by atoms with E-state index in [1.165, 1.54) is 30.5 Å². The van der Waals surface area contributed by atoms with Gasteiger partial charge in [0, 0.05) is 36.4 Å². The molecule has 4 aromatic rings. The molecule has 1 fully saturated rings. The van der Waals surface area contributed by atoms with Gasteiger partial charge in [-0.05, 0) is 309 Å². The number of alkyl halides is 1. The number of benzene rings is 2. The fourth-order valence-corrected chi connectivity index (χ4v) is 1160. The first-order chi connectivity index (χ1) is 54.2. The molecule has 2 aromatic carbocycles. The summed E-state index contributed by atoms with van der Waals surface area (Å²) in [5.41, 5.74) is 8.47. The summed E-state index contributed by atoms with van der Waals surface area (Å²) in [6.45, 7) is -10.7. The highest BCUT2D eigenvalue weighted by molar-refractivity contribution is 9.58. The van der Waals surface area contributed by atoms with Gasteiger partial charge in [0.15, 0.2) is 27.1 Å². The maximum absolute atomic E-state index is 14.8. The molecular weight excluding hydrogens is 2940 g/mol. The van der Waals surface area contributed by atoms with E-state index in [0.717, 1.165) is 0 Å². The molecule has 2 aromatic heterocycles. The number of anilines is 1. The SMILES string of the molecule is CC(CF)NCc1ccc(-c2cc(-c3nc(-c4ccc(S(=O)(=O)C5CCOC5)cc4)cnc3N)on2)c(F)c1.PP(P)P(P(P)P)P(P(P(P)P)P(P)P)P(P(P(P(P)P)P(P)P)P(P(P)P)P(P)P)P(P(P(P(P)P)P(P)P)P(P(P)P)P(P)P)P(P(P(P(P)P)P(P)P)P(P(P)P)P(P)P)P(P(P(P)P)P(P)P)P(P(P)P)P(P)P. The van der Waals surface area contributed by atoms with Crippen LogP contribution in [0.5, 0.6) is 0 Å². The van der Waals surface area contributed by atoms with Crippen LogP contribution in [0.25, 0.3) is 34.0 Å². The fraction of sp³-hybridized carbons (Fsp3) is 0.296. The van der Waals surface area contributed by atoms with Gasteiger partial charge in [0.05, 0.1) is 28.6 Å². The zero-order valence-electron chi connectivity index (χ0n) is 61.2. The molecule has 117 heavy (non-hydrogen) atoms. The van der Waals surface area contributed by atoms with Crippen LogP contribution in [-0.4, -0.2) is 54.7 Å². The molecule has 0 aliphatic carbocycles. The Labute approximate surface area is 835 Å². The number of nitrogen functional groups attached to an aromatic ring is 1. The van der Waals surface area contributed by atoms with E-state index in [-0.39, 0.29) is 291 Å². The minimum absolute atomic E-state index is 0.0887. The maximum Gasteiger partial charge on any atom is 0.189 e. The number of aromatic nitrogens is 3. The monoisotopic (exact) mass is 3050 g/mol. The van der Waals surface area contributed by atoms with Crippen molar-refractivity contribution in [3.05, 3.63) is 66.1 Å². The van der Waals surface area contributed by atoms with Crippen molar-refractivity contribution in [3.63, 3.8) is 0 Å². The molecule has 1 aliphatic rings. The van der Waals surface area contributed by atoms with Gasteiger partial charge in [-0.3, -0.25) is 0 Å². The molecule has 0 radical (unpaired) electrons. The summed E-state index contributed by atoms with van der Waals surface area (Å²) in [6.07, 6.45) is 1.95. The molecule has 1 aliphatic heterocycles. The molecular formula is C27H107F2N5O4P78S. The first-order valence-electron chi connectivity index (χ1n) is 30.1. The van der Waals surface area contributed by atoms with Crippen molar-refractivity contribution < 1.29 is 26.5 Å². The quantitative estimate of drug-likeness (QED) is 0.0415. The molecule has 0 spiro atoms. The van der Waals surface area contributed by atoms with E-state index < -0.39 is 48.5 Å². The van der Waals surface area contributed by atoms with Crippen molar-refractivity contribution >= 4 is 638 Å². The van der Waals surface area contributed by atoms with Gasteiger partial charge in [-0.1, -0.05) is 23.4 Å². The van der Waals surface area contributed by atoms with Crippen molar-refractivity contribution in [2.24, 2.45) is 0 Å². The molecule has 3 N–H and O–H groups in total. The summed E-state index contributed by atoms with van der Waals surface area (Å²) < 4.78 is 63.8. The van der Waals surface area contributed by atoms with Crippen molar-refractivity contribution in [2.75, 3.05) is 25.6 Å². The number of ether oxygens (including phenoxy) is 1. The normalized spacial score (nSPS) is 15.3. The summed E-state index contributed by atoms with van der Waals surface area (Å²) >= 11 is 0. The van der Waals surface area contributed by atoms with E-state index in [2.05, 4.69) is 378 Å². The highest BCUT2D eigenvalue weighted by Crippen LogP contribution is 3.52. The van der Waals surface area contributed by atoms with E-state index in [4.69, 9.17) is 15.0 Å². The lowest BCUT2D eigenvalue weighted by Crippen LogP contribution is -2.27. The number of rotatable bonds is 46. The van der Waals surface area contributed by atoms with E-state index in [1.54, 1.807) is 31.2 Å². The number of nitrogens with zero attached hydrogens (tertiary/aromatic N) is 3. The van der Waals surface area contributed by atoms with Crippen LogP contribution in [0.3, 0.4) is 0 Å². The highest BCUT2D eigenvalue weighted by Gasteiger charge is 2.65. The molecule has 90 heteroatoms. The van der Waals surface area contributed by atoms with Gasteiger partial charge < -0.3 is 20.3 Å². The van der Waals surface area contributed by atoms with Gasteiger partial charge in [-0.25, -0.2) is 27.2 Å². The van der Waals surface area contributed by atoms with Crippen molar-refractivity contribution in [3.8, 4) is 34.0 Å². The number of halogens is 2. The van der Waals surface area contributed by atoms with Crippen molar-refractivity contribution in [1.82, 2.24) is 20.4 Å². The molecule has 0 bridgehead atoms. The Kier molecular flexibility index (Phi) is 85.8. The number of sulfone groups is 1. The largest absolute Gasteiger partial charge is 0.382 e. The Balaban J connectivity index is 0.000000606. The van der Waals surface area contributed by atoms with Crippen LogP contribution in [0.1, 0.15) is 18.9 Å². The predicted molar refractivity (Wildman–Crippen MR) is 793 cm³/mol. The standard InChI is InChI=1S/C27H27F2N5O4S.H80P78/c1-16(12-28)31-13-17-2-7-21(22(29)10-17)23-11-25(38-34-23)26-27(30)32-14-24(33-26)18-3-5-19(6-4-18)39(35,36)20-8-9-37-15-20;1-41(2)61(42(3)4)71(62(43(5)6)44(7)8)76(72(63(45(9)10)46(11)12)64(47(13)14)48(15)16)78(75(69(57(33)34)58(35)36)70(59(37)38)60(39)40)77(73(65(49(17)18)50(19)20)66(51(21)22)52(23)24)74(67(53(25)26)54(27)28)68(55(29)30)56(31)32/h2-7,10-11,14,16,20,31H,8-9,12-13,15H2,1H3,(H2,30,32);1-40H2. The number of hydrogen-bond donors (Lipinski definition) is 2.